The van der Waals surface area contributed by atoms with Gasteiger partial charge in [0.2, 0.25) is 0 Å². The monoisotopic (exact) mass is 275 g/mol. The van der Waals surface area contributed by atoms with Gasteiger partial charge in [-0.1, -0.05) is 43.7 Å². The molecule has 1 saturated carbocycles. The number of carbonyl (C=O) groups is 1. The van der Waals surface area contributed by atoms with Crippen molar-refractivity contribution in [3.05, 3.63) is 35.9 Å². The van der Waals surface area contributed by atoms with Crippen molar-refractivity contribution in [1.29, 1.82) is 0 Å². The number of carbonyl (C=O) groups excluding carboxylic acids is 1. The number of nitrogens with zero attached hydrogens (tertiary/aromatic N) is 1. The smallest absolute Gasteiger partial charge is 0.314 e. The van der Waals surface area contributed by atoms with Crippen LogP contribution < -0.4 is 0 Å². The first-order valence-electron chi connectivity index (χ1n) is 7.59. The average molecular weight is 275 g/mol. The molecule has 1 aromatic rings. The predicted molar refractivity (Wildman–Crippen MR) is 80.7 cm³/mol. The van der Waals surface area contributed by atoms with Crippen molar-refractivity contribution in [2.45, 2.75) is 32.1 Å². The molecule has 0 radical (unpaired) electrons. The van der Waals surface area contributed by atoms with Crippen molar-refractivity contribution in [2.75, 3.05) is 26.7 Å². The second kappa shape index (κ2) is 7.44. The number of hydrogen-bond donors (Lipinski definition) is 0. The quantitative estimate of drug-likeness (QED) is 0.716. The van der Waals surface area contributed by atoms with Crippen LogP contribution in [0.25, 0.3) is 0 Å². The highest BCUT2D eigenvalue weighted by Crippen LogP contribution is 2.28. The Morgan fingerprint density at radius 1 is 1.35 bits per heavy atom. The fourth-order valence-corrected chi connectivity index (χ4v) is 2.78. The molecule has 1 aliphatic carbocycles. The summed E-state index contributed by atoms with van der Waals surface area (Å²) in [6.07, 6.45) is 4.04. The summed E-state index contributed by atoms with van der Waals surface area (Å²) in [5.74, 6) is 0.508. The zero-order valence-electron chi connectivity index (χ0n) is 12.5. The Morgan fingerprint density at radius 2 is 2.05 bits per heavy atom. The summed E-state index contributed by atoms with van der Waals surface area (Å²) in [6, 6.07) is 9.96. The highest BCUT2D eigenvalue weighted by Gasteiger charge is 2.26. The standard InChI is InChI=1S/C17H25NO2/c1-3-18(12-14-8-7-9-14)13-16(17(19)20-2)15-10-5-4-6-11-15/h4-6,10-11,14,16H,3,7-9,12-13H2,1-2H3. The Kier molecular flexibility index (Phi) is 5.60. The molecule has 1 atom stereocenters. The minimum absolute atomic E-state index is 0.136. The van der Waals surface area contributed by atoms with Gasteiger partial charge >= 0.3 is 5.97 Å². The molecule has 20 heavy (non-hydrogen) atoms. The molecule has 0 aromatic heterocycles. The zero-order valence-corrected chi connectivity index (χ0v) is 12.5. The number of hydrogen-bond acceptors (Lipinski definition) is 3. The van der Waals surface area contributed by atoms with Crippen molar-refractivity contribution in [3.63, 3.8) is 0 Å². The van der Waals surface area contributed by atoms with Crippen molar-refractivity contribution >= 4 is 5.97 Å². The van der Waals surface area contributed by atoms with Gasteiger partial charge in [-0.25, -0.2) is 0 Å². The molecule has 3 nitrogen and oxygen atoms in total. The van der Waals surface area contributed by atoms with Crippen molar-refractivity contribution in [1.82, 2.24) is 4.90 Å². The summed E-state index contributed by atoms with van der Waals surface area (Å²) in [5.41, 5.74) is 1.05. The normalized spacial score (nSPS) is 16.8. The lowest BCUT2D eigenvalue weighted by molar-refractivity contribution is -0.143. The lowest BCUT2D eigenvalue weighted by Crippen LogP contribution is -2.37. The van der Waals surface area contributed by atoms with E-state index in [2.05, 4.69) is 11.8 Å². The van der Waals surface area contributed by atoms with E-state index in [-0.39, 0.29) is 11.9 Å². The summed E-state index contributed by atoms with van der Waals surface area (Å²) in [7, 11) is 1.47. The molecular weight excluding hydrogens is 250 g/mol. The molecule has 110 valence electrons. The lowest BCUT2D eigenvalue weighted by atomic mass is 9.85. The third-order valence-corrected chi connectivity index (χ3v) is 4.32. The number of likely N-dealkylation sites (N-methyl/N-ethyl adjacent to an activating group) is 1. The van der Waals surface area contributed by atoms with E-state index < -0.39 is 0 Å². The van der Waals surface area contributed by atoms with E-state index >= 15 is 0 Å². The highest BCUT2D eigenvalue weighted by molar-refractivity contribution is 5.78. The summed E-state index contributed by atoms with van der Waals surface area (Å²) in [6.45, 7) is 5.01. The summed E-state index contributed by atoms with van der Waals surface area (Å²) >= 11 is 0. The first kappa shape index (κ1) is 15.0. The fraction of sp³-hybridized carbons (Fsp3) is 0.588. The van der Waals surface area contributed by atoms with Gasteiger partial charge in [0, 0.05) is 13.1 Å². The first-order chi connectivity index (χ1) is 9.74. The van der Waals surface area contributed by atoms with E-state index in [1.54, 1.807) is 0 Å². The zero-order chi connectivity index (χ0) is 14.4. The minimum atomic E-state index is -0.179. The molecule has 0 saturated heterocycles. The van der Waals surface area contributed by atoms with Crippen molar-refractivity contribution < 1.29 is 9.53 Å². The van der Waals surface area contributed by atoms with Crippen LogP contribution in [0.2, 0.25) is 0 Å². The van der Waals surface area contributed by atoms with Gasteiger partial charge in [0.05, 0.1) is 13.0 Å². The molecule has 2 rings (SSSR count). The van der Waals surface area contributed by atoms with Crippen molar-refractivity contribution in [3.8, 4) is 0 Å². The molecule has 0 heterocycles. The Hall–Kier alpha value is -1.35. The molecular formula is C17H25NO2. The van der Waals surface area contributed by atoms with Crippen LogP contribution in [-0.4, -0.2) is 37.6 Å². The van der Waals surface area contributed by atoms with Gasteiger partial charge in [-0.3, -0.25) is 4.79 Å². The van der Waals surface area contributed by atoms with Gasteiger partial charge < -0.3 is 9.64 Å². The number of rotatable bonds is 7. The van der Waals surface area contributed by atoms with Gasteiger partial charge in [0.25, 0.3) is 0 Å². The van der Waals surface area contributed by atoms with Crippen molar-refractivity contribution in [2.24, 2.45) is 5.92 Å². The van der Waals surface area contributed by atoms with Crippen LogP contribution in [0.1, 0.15) is 37.7 Å². The molecule has 0 amide bonds. The van der Waals surface area contributed by atoms with Gasteiger partial charge in [-0.15, -0.1) is 0 Å². The maximum atomic E-state index is 12.1. The van der Waals surface area contributed by atoms with E-state index in [1.165, 1.54) is 26.4 Å². The third-order valence-electron chi connectivity index (χ3n) is 4.32. The molecule has 0 spiro atoms. The number of benzene rings is 1. The maximum Gasteiger partial charge on any atom is 0.314 e. The SMILES string of the molecule is CCN(CC1CCC1)CC(C(=O)OC)c1ccccc1. The molecule has 0 N–H and O–H groups in total. The predicted octanol–water partition coefficient (Wildman–Crippen LogP) is 3.07. The topological polar surface area (TPSA) is 29.5 Å². The molecule has 1 unspecified atom stereocenters. The minimum Gasteiger partial charge on any atom is -0.469 e. The van der Waals surface area contributed by atoms with Gasteiger partial charge in [0.15, 0.2) is 0 Å². The Bertz CT molecular complexity index is 414. The van der Waals surface area contributed by atoms with Crippen LogP contribution in [0.3, 0.4) is 0 Å². The molecule has 3 heteroatoms. The fourth-order valence-electron chi connectivity index (χ4n) is 2.78. The average Bonchev–Trinajstić information content (AvgIpc) is 2.46. The molecule has 0 bridgehead atoms. The van der Waals surface area contributed by atoms with E-state index in [9.17, 15) is 4.79 Å². The molecule has 1 aliphatic rings. The Labute approximate surface area is 121 Å². The molecule has 1 aromatic carbocycles. The first-order valence-corrected chi connectivity index (χ1v) is 7.59. The van der Waals surface area contributed by atoms with Crippen LogP contribution in [-0.2, 0) is 9.53 Å². The van der Waals surface area contributed by atoms with Gasteiger partial charge in [-0.05, 0) is 30.9 Å². The lowest BCUT2D eigenvalue weighted by Gasteiger charge is -2.33. The Balaban J connectivity index is 2.04. The third kappa shape index (κ3) is 3.83. The largest absolute Gasteiger partial charge is 0.469 e. The second-order valence-corrected chi connectivity index (χ2v) is 5.64. The molecule has 0 aliphatic heterocycles. The van der Waals surface area contributed by atoms with Crippen LogP contribution in [0.15, 0.2) is 30.3 Å². The Morgan fingerprint density at radius 3 is 2.55 bits per heavy atom. The number of ether oxygens (including phenoxy) is 1. The summed E-state index contributed by atoms with van der Waals surface area (Å²) in [5, 5.41) is 0. The highest BCUT2D eigenvalue weighted by atomic mass is 16.5. The summed E-state index contributed by atoms with van der Waals surface area (Å²) in [4.78, 5) is 14.5. The van der Waals surface area contributed by atoms with Crippen LogP contribution in [0.4, 0.5) is 0 Å². The number of methoxy groups -OCH3 is 1. The van der Waals surface area contributed by atoms with Gasteiger partial charge in [0.1, 0.15) is 0 Å². The van der Waals surface area contributed by atoms with E-state index in [1.807, 2.05) is 30.3 Å². The second-order valence-electron chi connectivity index (χ2n) is 5.64. The van der Waals surface area contributed by atoms with Gasteiger partial charge in [-0.2, -0.15) is 0 Å². The van der Waals surface area contributed by atoms with E-state index in [0.717, 1.165) is 31.1 Å². The van der Waals surface area contributed by atoms with Crippen LogP contribution in [0.5, 0.6) is 0 Å². The van der Waals surface area contributed by atoms with Crippen LogP contribution in [0, 0.1) is 5.92 Å². The van der Waals surface area contributed by atoms with E-state index in [4.69, 9.17) is 4.74 Å². The molecule has 1 fully saturated rings. The number of esters is 1. The van der Waals surface area contributed by atoms with Crippen LogP contribution >= 0.6 is 0 Å². The summed E-state index contributed by atoms with van der Waals surface area (Å²) < 4.78 is 4.99. The maximum absolute atomic E-state index is 12.1. The van der Waals surface area contributed by atoms with E-state index in [0.29, 0.717) is 0 Å².